The highest BCUT2D eigenvalue weighted by molar-refractivity contribution is 5.79. The van der Waals surface area contributed by atoms with Gasteiger partial charge in [0.1, 0.15) is 5.60 Å². The van der Waals surface area contributed by atoms with Crippen molar-refractivity contribution >= 4 is 5.96 Å². The van der Waals surface area contributed by atoms with Crippen molar-refractivity contribution in [3.63, 3.8) is 0 Å². The van der Waals surface area contributed by atoms with Crippen molar-refractivity contribution in [1.29, 1.82) is 0 Å². The van der Waals surface area contributed by atoms with Gasteiger partial charge in [0.15, 0.2) is 5.96 Å². The standard InChI is InChI=1S/C32H39N3O/c1-33-31(35-25-23-27-15-6-2-7-16-27)34-24-14-26-36-32(28-17-8-3-9-18-28,29-19-10-4-11-20-29)30-21-12-5-13-22-30/h3-5,8-13,15,17-22H,2,6-7,14,16,23-26H2,1H3,(H2,33,34,35). The van der Waals surface area contributed by atoms with E-state index in [1.165, 1.54) is 25.7 Å². The molecule has 0 spiro atoms. The fraction of sp³-hybridized carbons (Fsp3) is 0.344. The molecule has 188 valence electrons. The highest BCUT2D eigenvalue weighted by Crippen LogP contribution is 2.40. The summed E-state index contributed by atoms with van der Waals surface area (Å²) in [6.45, 7) is 2.31. The molecule has 3 aromatic carbocycles. The molecule has 0 aliphatic heterocycles. The second-order valence-electron chi connectivity index (χ2n) is 9.27. The number of rotatable bonds is 11. The Morgan fingerprint density at radius 1 is 0.778 bits per heavy atom. The Bertz CT molecular complexity index is 997. The fourth-order valence-corrected chi connectivity index (χ4v) is 4.97. The molecule has 1 aliphatic rings. The summed E-state index contributed by atoms with van der Waals surface area (Å²) in [5.74, 6) is 0.854. The third kappa shape index (κ3) is 6.64. The van der Waals surface area contributed by atoms with Crippen LogP contribution in [0, 0.1) is 0 Å². The molecule has 0 saturated heterocycles. The average molecular weight is 482 g/mol. The molecule has 0 atom stereocenters. The average Bonchev–Trinajstić information content (AvgIpc) is 2.96. The molecule has 4 heteroatoms. The molecular formula is C32H39N3O. The van der Waals surface area contributed by atoms with Gasteiger partial charge in [-0.05, 0) is 55.2 Å². The second-order valence-corrected chi connectivity index (χ2v) is 9.27. The van der Waals surface area contributed by atoms with Gasteiger partial charge in [0.05, 0.1) is 6.61 Å². The van der Waals surface area contributed by atoms with Crippen molar-refractivity contribution in [2.45, 2.75) is 44.1 Å². The second kappa shape index (κ2) is 13.6. The zero-order valence-corrected chi connectivity index (χ0v) is 21.5. The number of aliphatic imine (C=N–C) groups is 1. The van der Waals surface area contributed by atoms with Crippen molar-refractivity contribution < 1.29 is 4.74 Å². The van der Waals surface area contributed by atoms with Crippen molar-refractivity contribution in [2.75, 3.05) is 26.7 Å². The monoisotopic (exact) mass is 481 g/mol. The Morgan fingerprint density at radius 2 is 1.33 bits per heavy atom. The van der Waals surface area contributed by atoms with E-state index in [1.54, 1.807) is 5.57 Å². The molecule has 0 fully saturated rings. The Labute approximate surface area is 216 Å². The Hall–Kier alpha value is -3.37. The van der Waals surface area contributed by atoms with Crippen molar-refractivity contribution in [2.24, 2.45) is 4.99 Å². The van der Waals surface area contributed by atoms with E-state index in [2.05, 4.69) is 113 Å². The molecule has 0 radical (unpaired) electrons. The highest BCUT2D eigenvalue weighted by atomic mass is 16.5. The largest absolute Gasteiger partial charge is 0.361 e. The summed E-state index contributed by atoms with van der Waals surface area (Å²) in [6, 6.07) is 31.6. The number of hydrogen-bond acceptors (Lipinski definition) is 2. The van der Waals surface area contributed by atoms with Crippen LogP contribution in [-0.2, 0) is 10.3 Å². The topological polar surface area (TPSA) is 45.7 Å². The molecule has 0 bridgehead atoms. The maximum absolute atomic E-state index is 6.86. The van der Waals surface area contributed by atoms with Gasteiger partial charge in [-0.3, -0.25) is 4.99 Å². The lowest BCUT2D eigenvalue weighted by atomic mass is 9.80. The quantitative estimate of drug-likeness (QED) is 0.109. The number of benzene rings is 3. The summed E-state index contributed by atoms with van der Waals surface area (Å²) in [5.41, 5.74) is 4.30. The third-order valence-corrected chi connectivity index (χ3v) is 6.82. The molecule has 36 heavy (non-hydrogen) atoms. The summed E-state index contributed by atoms with van der Waals surface area (Å²) < 4.78 is 6.86. The van der Waals surface area contributed by atoms with E-state index in [0.717, 1.165) is 48.6 Å². The smallest absolute Gasteiger partial charge is 0.190 e. The Balaban J connectivity index is 1.40. The maximum Gasteiger partial charge on any atom is 0.190 e. The Morgan fingerprint density at radius 3 is 1.83 bits per heavy atom. The number of ether oxygens (including phenoxy) is 1. The van der Waals surface area contributed by atoms with E-state index in [-0.39, 0.29) is 0 Å². The molecule has 4 rings (SSSR count). The zero-order valence-electron chi connectivity index (χ0n) is 21.5. The predicted molar refractivity (Wildman–Crippen MR) is 150 cm³/mol. The van der Waals surface area contributed by atoms with Crippen molar-refractivity contribution in [3.05, 3.63) is 119 Å². The lowest BCUT2D eigenvalue weighted by Gasteiger charge is -2.36. The first-order valence-electron chi connectivity index (χ1n) is 13.3. The molecule has 0 amide bonds. The summed E-state index contributed by atoms with van der Waals surface area (Å²) >= 11 is 0. The van der Waals surface area contributed by atoms with Crippen LogP contribution in [-0.4, -0.2) is 32.7 Å². The predicted octanol–water partition coefficient (Wildman–Crippen LogP) is 6.44. The van der Waals surface area contributed by atoms with E-state index in [9.17, 15) is 0 Å². The highest BCUT2D eigenvalue weighted by Gasteiger charge is 2.37. The van der Waals surface area contributed by atoms with Crippen molar-refractivity contribution in [3.8, 4) is 0 Å². The molecule has 0 unspecified atom stereocenters. The minimum absolute atomic E-state index is 0.607. The summed E-state index contributed by atoms with van der Waals surface area (Å²) in [5, 5.41) is 6.91. The lowest BCUT2D eigenvalue weighted by molar-refractivity contribution is 0.0120. The Kier molecular flexibility index (Phi) is 9.75. The normalized spacial score (nSPS) is 14.2. The van der Waals surface area contributed by atoms with Gasteiger partial charge in [0, 0.05) is 20.1 Å². The van der Waals surface area contributed by atoms with Crippen LogP contribution in [0.1, 0.15) is 55.2 Å². The SMILES string of the molecule is CN=C(NCCCOC(c1ccccc1)(c1ccccc1)c1ccccc1)NCCC1=CCCCC1. The van der Waals surface area contributed by atoms with E-state index in [1.807, 2.05) is 7.05 Å². The summed E-state index contributed by atoms with van der Waals surface area (Å²) in [4.78, 5) is 4.39. The van der Waals surface area contributed by atoms with Crippen LogP contribution in [0.3, 0.4) is 0 Å². The molecule has 3 aromatic rings. The van der Waals surface area contributed by atoms with Gasteiger partial charge in [0.25, 0.3) is 0 Å². The molecule has 0 heterocycles. The van der Waals surface area contributed by atoms with Crippen LogP contribution in [0.2, 0.25) is 0 Å². The van der Waals surface area contributed by atoms with Crippen LogP contribution < -0.4 is 10.6 Å². The van der Waals surface area contributed by atoms with Crippen LogP contribution in [0.15, 0.2) is 108 Å². The zero-order chi connectivity index (χ0) is 24.9. The van der Waals surface area contributed by atoms with Gasteiger partial charge in [-0.25, -0.2) is 0 Å². The molecule has 1 aliphatic carbocycles. The first-order valence-corrected chi connectivity index (χ1v) is 13.3. The van der Waals surface area contributed by atoms with E-state index in [0.29, 0.717) is 6.61 Å². The minimum atomic E-state index is -0.669. The van der Waals surface area contributed by atoms with E-state index in [4.69, 9.17) is 4.74 Å². The number of hydrogen-bond donors (Lipinski definition) is 2. The first-order chi connectivity index (χ1) is 17.8. The summed E-state index contributed by atoms with van der Waals surface area (Å²) in [6.07, 6.45) is 9.52. The number of guanidine groups is 1. The van der Waals surface area contributed by atoms with Gasteiger partial charge in [-0.2, -0.15) is 0 Å². The molecule has 2 N–H and O–H groups in total. The van der Waals surface area contributed by atoms with Crippen LogP contribution >= 0.6 is 0 Å². The van der Waals surface area contributed by atoms with Gasteiger partial charge in [-0.1, -0.05) is 103 Å². The molecular weight excluding hydrogens is 442 g/mol. The molecule has 0 aromatic heterocycles. The van der Waals surface area contributed by atoms with Crippen molar-refractivity contribution in [1.82, 2.24) is 10.6 Å². The van der Waals surface area contributed by atoms with Gasteiger partial charge < -0.3 is 15.4 Å². The van der Waals surface area contributed by atoms with Crippen LogP contribution in [0.4, 0.5) is 0 Å². The molecule has 0 saturated carbocycles. The van der Waals surface area contributed by atoms with Gasteiger partial charge in [-0.15, -0.1) is 0 Å². The fourth-order valence-electron chi connectivity index (χ4n) is 4.97. The number of allylic oxidation sites excluding steroid dienone is 1. The van der Waals surface area contributed by atoms with Gasteiger partial charge >= 0.3 is 0 Å². The first kappa shape index (κ1) is 25.7. The third-order valence-electron chi connectivity index (χ3n) is 6.82. The number of nitrogens with zero attached hydrogens (tertiary/aromatic N) is 1. The van der Waals surface area contributed by atoms with Crippen LogP contribution in [0.25, 0.3) is 0 Å². The van der Waals surface area contributed by atoms with Crippen LogP contribution in [0.5, 0.6) is 0 Å². The minimum Gasteiger partial charge on any atom is -0.361 e. The van der Waals surface area contributed by atoms with Gasteiger partial charge in [0.2, 0.25) is 0 Å². The van der Waals surface area contributed by atoms with E-state index >= 15 is 0 Å². The molecule has 4 nitrogen and oxygen atoms in total. The maximum atomic E-state index is 6.86. The van der Waals surface area contributed by atoms with E-state index < -0.39 is 5.60 Å². The number of nitrogens with one attached hydrogen (secondary N) is 2. The summed E-state index contributed by atoms with van der Waals surface area (Å²) in [7, 11) is 1.83. The lowest BCUT2D eigenvalue weighted by Crippen LogP contribution is -2.39.